The summed E-state index contributed by atoms with van der Waals surface area (Å²) in [5.41, 5.74) is 6.14. The number of benzene rings is 2. The first kappa shape index (κ1) is 15.1. The smallest absolute Gasteiger partial charge is 0.289 e. The van der Waals surface area contributed by atoms with Gasteiger partial charge in [0.05, 0.1) is 15.6 Å². The number of nitrogen functional groups attached to an aromatic ring is 1. The third-order valence-electron chi connectivity index (χ3n) is 2.66. The molecule has 0 unspecified atom stereocenters. The van der Waals surface area contributed by atoms with Gasteiger partial charge in [-0.1, -0.05) is 23.2 Å². The summed E-state index contributed by atoms with van der Waals surface area (Å²) in [5, 5.41) is 13.7. The monoisotopic (exact) mass is 325 g/mol. The first-order chi connectivity index (χ1) is 9.88. The van der Waals surface area contributed by atoms with E-state index in [0.717, 1.165) is 0 Å². The van der Waals surface area contributed by atoms with Gasteiger partial charge in [-0.3, -0.25) is 14.9 Å². The fourth-order valence-corrected chi connectivity index (χ4v) is 1.92. The Kier molecular flexibility index (Phi) is 4.30. The maximum Gasteiger partial charge on any atom is 0.289 e. The summed E-state index contributed by atoms with van der Waals surface area (Å²) >= 11 is 11.5. The first-order valence-electron chi connectivity index (χ1n) is 5.69. The Hall–Kier alpha value is -2.31. The van der Waals surface area contributed by atoms with Gasteiger partial charge in [-0.25, -0.2) is 0 Å². The molecule has 0 aliphatic carbocycles. The molecule has 0 radical (unpaired) electrons. The van der Waals surface area contributed by atoms with E-state index in [1.165, 1.54) is 36.4 Å². The fraction of sp³-hybridized carbons (Fsp3) is 0. The number of nitrogens with one attached hydrogen (secondary N) is 1. The molecule has 0 atom stereocenters. The number of amides is 1. The van der Waals surface area contributed by atoms with E-state index in [1.54, 1.807) is 0 Å². The maximum absolute atomic E-state index is 12.0. The second-order valence-electron chi connectivity index (χ2n) is 4.11. The average Bonchev–Trinajstić information content (AvgIpc) is 2.43. The minimum atomic E-state index is -0.627. The number of anilines is 2. The molecule has 0 aliphatic rings. The summed E-state index contributed by atoms with van der Waals surface area (Å²) < 4.78 is 0. The molecule has 2 aromatic rings. The molecule has 0 aromatic heterocycles. The molecule has 108 valence electrons. The van der Waals surface area contributed by atoms with Crippen LogP contribution < -0.4 is 11.1 Å². The highest BCUT2D eigenvalue weighted by Crippen LogP contribution is 2.28. The Balaban J connectivity index is 2.25. The Bertz CT molecular complexity index is 735. The van der Waals surface area contributed by atoms with Crippen LogP contribution >= 0.6 is 23.2 Å². The number of hydrogen-bond acceptors (Lipinski definition) is 4. The van der Waals surface area contributed by atoms with Gasteiger partial charge in [0.25, 0.3) is 11.6 Å². The Labute approximate surface area is 129 Å². The number of carbonyl (C=O) groups is 1. The molecule has 1 amide bonds. The molecule has 0 fully saturated rings. The van der Waals surface area contributed by atoms with Crippen molar-refractivity contribution >= 4 is 46.2 Å². The van der Waals surface area contributed by atoms with E-state index in [-0.39, 0.29) is 27.6 Å². The second kappa shape index (κ2) is 5.99. The molecule has 8 heteroatoms. The van der Waals surface area contributed by atoms with E-state index in [1.807, 2.05) is 0 Å². The highest BCUT2D eigenvalue weighted by atomic mass is 35.5. The van der Waals surface area contributed by atoms with Crippen molar-refractivity contribution in [3.05, 3.63) is 62.1 Å². The molecule has 3 N–H and O–H groups in total. The van der Waals surface area contributed by atoms with Crippen molar-refractivity contribution in [2.24, 2.45) is 0 Å². The van der Waals surface area contributed by atoms with Gasteiger partial charge in [-0.2, -0.15) is 0 Å². The molecule has 0 bridgehead atoms. The van der Waals surface area contributed by atoms with E-state index in [2.05, 4.69) is 5.32 Å². The summed E-state index contributed by atoms with van der Waals surface area (Å²) in [5.74, 6) is -0.463. The molecule has 0 heterocycles. The third kappa shape index (κ3) is 3.42. The van der Waals surface area contributed by atoms with Crippen LogP contribution in [0.1, 0.15) is 10.4 Å². The van der Waals surface area contributed by atoms with Gasteiger partial charge in [0.15, 0.2) is 0 Å². The van der Waals surface area contributed by atoms with Crippen LogP contribution in [-0.4, -0.2) is 10.8 Å². The second-order valence-corrected chi connectivity index (χ2v) is 4.93. The molecule has 0 spiro atoms. The number of hydrogen-bond donors (Lipinski definition) is 2. The standard InChI is InChI=1S/C13H9Cl2N3O3/c14-9-3-1-7(5-11(9)16)13(19)17-8-2-4-10(15)12(6-8)18(20)21/h1-6H,16H2,(H,17,19). The number of nitro groups is 1. The molecule has 0 saturated carbocycles. The van der Waals surface area contributed by atoms with Crippen LogP contribution in [0.3, 0.4) is 0 Å². The molecule has 0 aliphatic heterocycles. The van der Waals surface area contributed by atoms with E-state index in [4.69, 9.17) is 28.9 Å². The number of nitrogens with zero attached hydrogens (tertiary/aromatic N) is 1. The summed E-state index contributed by atoms with van der Waals surface area (Å²) in [6, 6.07) is 8.40. The Morgan fingerprint density at radius 3 is 2.43 bits per heavy atom. The van der Waals surface area contributed by atoms with Crippen LogP contribution in [0.4, 0.5) is 17.1 Å². The van der Waals surface area contributed by atoms with Crippen LogP contribution in [0.25, 0.3) is 0 Å². The number of halogens is 2. The summed E-state index contributed by atoms with van der Waals surface area (Å²) in [4.78, 5) is 22.2. The summed E-state index contributed by atoms with van der Waals surface area (Å²) in [6.45, 7) is 0. The fourth-order valence-electron chi connectivity index (χ4n) is 1.62. The molecule has 2 aromatic carbocycles. The maximum atomic E-state index is 12.0. The molecule has 2 rings (SSSR count). The third-order valence-corrected chi connectivity index (χ3v) is 3.32. The summed E-state index contributed by atoms with van der Waals surface area (Å²) in [7, 11) is 0. The van der Waals surface area contributed by atoms with Gasteiger partial charge < -0.3 is 11.1 Å². The van der Waals surface area contributed by atoms with Crippen molar-refractivity contribution in [2.75, 3.05) is 11.1 Å². The highest BCUT2D eigenvalue weighted by molar-refractivity contribution is 6.33. The SMILES string of the molecule is Nc1cc(C(=O)Nc2ccc(Cl)c([N+](=O)[O-])c2)ccc1Cl. The minimum Gasteiger partial charge on any atom is -0.398 e. The number of rotatable bonds is 3. The lowest BCUT2D eigenvalue weighted by Crippen LogP contribution is -2.12. The van der Waals surface area contributed by atoms with E-state index in [0.29, 0.717) is 5.02 Å². The molecule has 6 nitrogen and oxygen atoms in total. The van der Waals surface area contributed by atoms with Gasteiger partial charge in [-0.05, 0) is 30.3 Å². The van der Waals surface area contributed by atoms with Crippen molar-refractivity contribution in [1.29, 1.82) is 0 Å². The molecule has 21 heavy (non-hydrogen) atoms. The van der Waals surface area contributed by atoms with Crippen LogP contribution in [0.2, 0.25) is 10.0 Å². The van der Waals surface area contributed by atoms with Gasteiger partial charge in [0.1, 0.15) is 5.02 Å². The Morgan fingerprint density at radius 2 is 1.81 bits per heavy atom. The number of nitrogens with two attached hydrogens (primary N) is 1. The van der Waals surface area contributed by atoms with Crippen molar-refractivity contribution in [2.45, 2.75) is 0 Å². The predicted octanol–water partition coefficient (Wildman–Crippen LogP) is 3.74. The zero-order chi connectivity index (χ0) is 15.6. The van der Waals surface area contributed by atoms with Crippen LogP contribution in [-0.2, 0) is 0 Å². The normalized spacial score (nSPS) is 10.2. The minimum absolute atomic E-state index is 0.00580. The largest absolute Gasteiger partial charge is 0.398 e. The predicted molar refractivity (Wildman–Crippen MR) is 81.9 cm³/mol. The summed E-state index contributed by atoms with van der Waals surface area (Å²) in [6.07, 6.45) is 0. The zero-order valence-corrected chi connectivity index (χ0v) is 12.0. The molecular formula is C13H9Cl2N3O3. The zero-order valence-electron chi connectivity index (χ0n) is 10.5. The van der Waals surface area contributed by atoms with E-state index >= 15 is 0 Å². The van der Waals surface area contributed by atoms with Crippen LogP contribution in [0.5, 0.6) is 0 Å². The van der Waals surface area contributed by atoms with Gasteiger partial charge >= 0.3 is 0 Å². The van der Waals surface area contributed by atoms with Crippen molar-refractivity contribution in [1.82, 2.24) is 0 Å². The van der Waals surface area contributed by atoms with E-state index < -0.39 is 10.8 Å². The first-order valence-corrected chi connectivity index (χ1v) is 6.44. The molecular weight excluding hydrogens is 317 g/mol. The number of carbonyl (C=O) groups excluding carboxylic acids is 1. The molecule has 0 saturated heterocycles. The average molecular weight is 326 g/mol. The Morgan fingerprint density at radius 1 is 1.14 bits per heavy atom. The van der Waals surface area contributed by atoms with Crippen molar-refractivity contribution < 1.29 is 9.72 Å². The van der Waals surface area contributed by atoms with Crippen molar-refractivity contribution in [3.8, 4) is 0 Å². The highest BCUT2D eigenvalue weighted by Gasteiger charge is 2.14. The lowest BCUT2D eigenvalue weighted by atomic mass is 10.2. The van der Waals surface area contributed by atoms with Gasteiger partial charge in [-0.15, -0.1) is 0 Å². The van der Waals surface area contributed by atoms with E-state index in [9.17, 15) is 14.9 Å². The van der Waals surface area contributed by atoms with Gasteiger partial charge in [0.2, 0.25) is 0 Å². The topological polar surface area (TPSA) is 98.3 Å². The van der Waals surface area contributed by atoms with Gasteiger partial charge in [0, 0.05) is 17.3 Å². The van der Waals surface area contributed by atoms with Crippen LogP contribution in [0, 0.1) is 10.1 Å². The van der Waals surface area contributed by atoms with Crippen LogP contribution in [0.15, 0.2) is 36.4 Å². The lowest BCUT2D eigenvalue weighted by molar-refractivity contribution is -0.384. The quantitative estimate of drug-likeness (QED) is 0.510. The number of nitro benzene ring substituents is 1. The van der Waals surface area contributed by atoms with Crippen molar-refractivity contribution in [3.63, 3.8) is 0 Å². The lowest BCUT2D eigenvalue weighted by Gasteiger charge is -2.07.